The number of alkyl halides is 3. The van der Waals surface area contributed by atoms with Crippen molar-refractivity contribution in [1.82, 2.24) is 0 Å². The van der Waals surface area contributed by atoms with Crippen LogP contribution in [-0.2, 0) is 21.6 Å². The van der Waals surface area contributed by atoms with Crippen molar-refractivity contribution in [1.29, 1.82) is 0 Å². The highest BCUT2D eigenvalue weighted by Gasteiger charge is 2.43. The van der Waals surface area contributed by atoms with Gasteiger partial charge in [0.1, 0.15) is 11.4 Å². The van der Waals surface area contributed by atoms with E-state index in [4.69, 9.17) is 0 Å². The molecule has 0 amide bonds. The van der Waals surface area contributed by atoms with Crippen molar-refractivity contribution in [3.05, 3.63) is 35.1 Å². The van der Waals surface area contributed by atoms with Gasteiger partial charge in [-0.2, -0.15) is 13.2 Å². The van der Waals surface area contributed by atoms with Crippen molar-refractivity contribution in [2.24, 2.45) is 0 Å². The van der Waals surface area contributed by atoms with Crippen molar-refractivity contribution >= 4 is 9.84 Å². The predicted octanol–water partition coefficient (Wildman–Crippen LogP) is 1.85. The second kappa shape index (κ2) is 4.17. The molecular formula is C11H10F4O3S. The van der Waals surface area contributed by atoms with Crippen LogP contribution in [0.3, 0.4) is 0 Å². The van der Waals surface area contributed by atoms with Crippen LogP contribution in [0, 0.1) is 5.82 Å². The first kappa shape index (κ1) is 14.3. The van der Waals surface area contributed by atoms with E-state index in [1.807, 2.05) is 0 Å². The topological polar surface area (TPSA) is 54.4 Å². The summed E-state index contributed by atoms with van der Waals surface area (Å²) < 4.78 is 73.1. The molecule has 1 aliphatic heterocycles. The number of halogens is 4. The third-order valence-corrected chi connectivity index (χ3v) is 4.84. The minimum Gasteiger partial charge on any atom is -0.384 e. The van der Waals surface area contributed by atoms with Crippen LogP contribution >= 0.6 is 0 Å². The Bertz CT molecular complexity index is 609. The SMILES string of the molecule is O=S1(=O)CCC(O)(c2ccc(C(F)(F)F)c(F)c2)C1. The Morgan fingerprint density at radius 2 is 1.89 bits per heavy atom. The lowest BCUT2D eigenvalue weighted by atomic mass is 9.92. The molecule has 19 heavy (non-hydrogen) atoms. The fraction of sp³-hybridized carbons (Fsp3) is 0.455. The molecule has 0 saturated carbocycles. The molecule has 0 radical (unpaired) electrons. The Labute approximate surface area is 106 Å². The lowest BCUT2D eigenvalue weighted by molar-refractivity contribution is -0.140. The Morgan fingerprint density at radius 3 is 2.32 bits per heavy atom. The van der Waals surface area contributed by atoms with Gasteiger partial charge in [0.15, 0.2) is 9.84 Å². The van der Waals surface area contributed by atoms with E-state index in [0.29, 0.717) is 12.1 Å². The summed E-state index contributed by atoms with van der Waals surface area (Å²) in [6.45, 7) is 0. The highest BCUT2D eigenvalue weighted by Crippen LogP contribution is 2.37. The van der Waals surface area contributed by atoms with E-state index >= 15 is 0 Å². The number of sulfone groups is 1. The molecule has 1 unspecified atom stereocenters. The maximum absolute atomic E-state index is 13.4. The molecule has 0 bridgehead atoms. The zero-order valence-corrected chi connectivity index (χ0v) is 10.4. The van der Waals surface area contributed by atoms with Crippen molar-refractivity contribution in [3.8, 4) is 0 Å². The maximum atomic E-state index is 13.4. The number of hydrogen-bond acceptors (Lipinski definition) is 3. The largest absolute Gasteiger partial charge is 0.419 e. The van der Waals surface area contributed by atoms with E-state index < -0.39 is 38.7 Å². The monoisotopic (exact) mass is 298 g/mol. The van der Waals surface area contributed by atoms with Gasteiger partial charge in [0, 0.05) is 0 Å². The van der Waals surface area contributed by atoms with Crippen LogP contribution in [0.25, 0.3) is 0 Å². The van der Waals surface area contributed by atoms with Crippen LogP contribution in [0.1, 0.15) is 17.5 Å². The van der Waals surface area contributed by atoms with E-state index in [1.54, 1.807) is 0 Å². The van der Waals surface area contributed by atoms with Crippen LogP contribution in [0.15, 0.2) is 18.2 Å². The molecule has 1 aromatic rings. The fourth-order valence-corrected chi connectivity index (χ4v) is 3.93. The van der Waals surface area contributed by atoms with E-state index in [-0.39, 0.29) is 17.7 Å². The summed E-state index contributed by atoms with van der Waals surface area (Å²) in [7, 11) is -3.45. The predicted molar refractivity (Wildman–Crippen MR) is 58.6 cm³/mol. The van der Waals surface area contributed by atoms with Crippen molar-refractivity contribution in [2.75, 3.05) is 11.5 Å². The number of aliphatic hydroxyl groups is 1. The first-order chi connectivity index (χ1) is 8.54. The van der Waals surface area contributed by atoms with Gasteiger partial charge in [-0.3, -0.25) is 0 Å². The van der Waals surface area contributed by atoms with Crippen LogP contribution in [-0.4, -0.2) is 25.0 Å². The van der Waals surface area contributed by atoms with Gasteiger partial charge in [-0.1, -0.05) is 6.07 Å². The summed E-state index contributed by atoms with van der Waals surface area (Å²) in [5.41, 5.74) is -3.41. The number of hydrogen-bond donors (Lipinski definition) is 1. The van der Waals surface area contributed by atoms with Gasteiger partial charge in [0.2, 0.25) is 0 Å². The molecule has 1 aliphatic rings. The molecule has 3 nitrogen and oxygen atoms in total. The van der Waals surface area contributed by atoms with E-state index in [1.165, 1.54) is 0 Å². The molecule has 0 spiro atoms. The summed E-state index contributed by atoms with van der Waals surface area (Å²) in [6.07, 6.45) is -4.98. The molecule has 2 rings (SSSR count). The molecule has 8 heteroatoms. The molecule has 1 atom stereocenters. The third-order valence-electron chi connectivity index (χ3n) is 3.10. The summed E-state index contributed by atoms with van der Waals surface area (Å²) in [5, 5.41) is 10.1. The highest BCUT2D eigenvalue weighted by molar-refractivity contribution is 7.91. The van der Waals surface area contributed by atoms with Gasteiger partial charge < -0.3 is 5.11 Å². The Hall–Kier alpha value is -1.15. The van der Waals surface area contributed by atoms with Gasteiger partial charge >= 0.3 is 6.18 Å². The Morgan fingerprint density at radius 1 is 1.26 bits per heavy atom. The molecule has 1 heterocycles. The first-order valence-corrected chi connectivity index (χ1v) is 7.16. The van der Waals surface area contributed by atoms with E-state index in [2.05, 4.69) is 0 Å². The van der Waals surface area contributed by atoms with Crippen molar-refractivity contribution < 1.29 is 31.1 Å². The molecule has 0 aliphatic carbocycles. The zero-order chi connectivity index (χ0) is 14.5. The summed E-state index contributed by atoms with van der Waals surface area (Å²) in [4.78, 5) is 0. The Balaban J connectivity index is 2.41. The Kier molecular flexibility index (Phi) is 3.13. The van der Waals surface area contributed by atoms with Crippen LogP contribution in [0.4, 0.5) is 17.6 Å². The summed E-state index contributed by atoms with van der Waals surface area (Å²) >= 11 is 0. The van der Waals surface area contributed by atoms with Crippen molar-refractivity contribution in [2.45, 2.75) is 18.2 Å². The first-order valence-electron chi connectivity index (χ1n) is 5.34. The molecule has 0 aromatic heterocycles. The van der Waals surface area contributed by atoms with Crippen LogP contribution in [0.2, 0.25) is 0 Å². The van der Waals surface area contributed by atoms with Gasteiger partial charge in [0.25, 0.3) is 0 Å². The van der Waals surface area contributed by atoms with E-state index in [9.17, 15) is 31.1 Å². The van der Waals surface area contributed by atoms with Gasteiger partial charge in [-0.15, -0.1) is 0 Å². The van der Waals surface area contributed by atoms with Crippen LogP contribution < -0.4 is 0 Å². The second-order valence-electron chi connectivity index (χ2n) is 4.57. The molecule has 1 fully saturated rings. The molecule has 1 aromatic carbocycles. The summed E-state index contributed by atoms with van der Waals surface area (Å²) in [5.74, 6) is -2.40. The standard InChI is InChI=1S/C11H10F4O3S/c12-9-5-7(1-2-8(9)11(13,14)15)10(16)3-4-19(17,18)6-10/h1-2,5,16H,3-4,6H2. The van der Waals surface area contributed by atoms with E-state index in [0.717, 1.165) is 6.07 Å². The van der Waals surface area contributed by atoms with Gasteiger partial charge in [-0.05, 0) is 24.1 Å². The smallest absolute Gasteiger partial charge is 0.384 e. The van der Waals surface area contributed by atoms with Crippen molar-refractivity contribution in [3.63, 3.8) is 0 Å². The van der Waals surface area contributed by atoms with Crippen LogP contribution in [0.5, 0.6) is 0 Å². The lowest BCUT2D eigenvalue weighted by Crippen LogP contribution is -2.27. The average Bonchev–Trinajstić information content (AvgIpc) is 2.52. The zero-order valence-electron chi connectivity index (χ0n) is 9.54. The number of rotatable bonds is 1. The molecule has 106 valence electrons. The summed E-state index contributed by atoms with van der Waals surface area (Å²) in [6, 6.07) is 1.96. The lowest BCUT2D eigenvalue weighted by Gasteiger charge is -2.22. The quantitative estimate of drug-likeness (QED) is 0.805. The minimum absolute atomic E-state index is 0.153. The second-order valence-corrected chi connectivity index (χ2v) is 6.75. The van der Waals surface area contributed by atoms with Gasteiger partial charge in [0.05, 0.1) is 17.1 Å². The minimum atomic E-state index is -4.83. The molecule has 1 N–H and O–H groups in total. The number of benzene rings is 1. The maximum Gasteiger partial charge on any atom is 0.419 e. The van der Waals surface area contributed by atoms with Gasteiger partial charge in [-0.25, -0.2) is 12.8 Å². The average molecular weight is 298 g/mol. The molecular weight excluding hydrogens is 288 g/mol. The third kappa shape index (κ3) is 2.74. The normalized spacial score (nSPS) is 26.6. The fourth-order valence-electron chi connectivity index (χ4n) is 2.09. The highest BCUT2D eigenvalue weighted by atomic mass is 32.2. The molecule has 1 saturated heterocycles.